The number of ether oxygens (including phenoxy) is 2. The van der Waals surface area contributed by atoms with E-state index in [0.29, 0.717) is 17.1 Å². The molecule has 2 rings (SSSR count). The maximum Gasteiger partial charge on any atom is 0.277 e. The monoisotopic (exact) mass is 674 g/mol. The van der Waals surface area contributed by atoms with Crippen molar-refractivity contribution in [2.24, 2.45) is 5.10 Å². The summed E-state index contributed by atoms with van der Waals surface area (Å²) in [6.45, 7) is -0.185. The topological polar surface area (TPSA) is 59.9 Å². The van der Waals surface area contributed by atoms with E-state index in [1.807, 2.05) is 24.3 Å². The molecule has 1 amide bonds. The Morgan fingerprint density at radius 3 is 2.12 bits per heavy atom. The summed E-state index contributed by atoms with van der Waals surface area (Å²) in [4.78, 5) is 11.9. The van der Waals surface area contributed by atoms with Crippen molar-refractivity contribution in [1.82, 2.24) is 5.43 Å². The first-order valence-electron chi connectivity index (χ1n) is 6.94. The smallest absolute Gasteiger partial charge is 0.277 e. The van der Waals surface area contributed by atoms with Crippen LogP contribution in [0.15, 0.2) is 51.7 Å². The second kappa shape index (κ2) is 10.2. The van der Waals surface area contributed by atoms with Gasteiger partial charge in [-0.2, -0.15) is 5.10 Å². The Kier molecular flexibility index (Phi) is 8.59. The van der Waals surface area contributed by atoms with E-state index in [1.165, 1.54) is 6.21 Å². The summed E-state index contributed by atoms with van der Waals surface area (Å²) in [6.07, 6.45) is 1.50. The molecule has 138 valence electrons. The summed E-state index contributed by atoms with van der Waals surface area (Å²) < 4.78 is 14.8. The van der Waals surface area contributed by atoms with Crippen LogP contribution in [0.25, 0.3) is 0 Å². The van der Waals surface area contributed by atoms with Crippen LogP contribution < -0.4 is 14.9 Å². The van der Waals surface area contributed by atoms with Gasteiger partial charge in [-0.1, -0.05) is 31.9 Å². The van der Waals surface area contributed by atoms with Crippen molar-refractivity contribution in [3.8, 4) is 11.5 Å². The van der Waals surface area contributed by atoms with Gasteiger partial charge < -0.3 is 9.47 Å². The fourth-order valence-electron chi connectivity index (χ4n) is 1.90. The molecule has 5 nitrogen and oxygen atoms in total. The molecular formula is C16H11Br5N2O3. The molecule has 0 heterocycles. The van der Waals surface area contributed by atoms with E-state index in [1.54, 1.807) is 7.11 Å². The number of nitrogens with zero attached hydrogens (tertiary/aromatic N) is 1. The van der Waals surface area contributed by atoms with Gasteiger partial charge in [0.15, 0.2) is 6.61 Å². The van der Waals surface area contributed by atoms with E-state index in [0.717, 1.165) is 22.4 Å². The molecule has 0 spiro atoms. The molecule has 0 aliphatic heterocycles. The largest absolute Gasteiger partial charge is 0.495 e. The molecule has 0 aliphatic rings. The van der Waals surface area contributed by atoms with E-state index in [2.05, 4.69) is 90.2 Å². The SMILES string of the molecule is COc1c(Br)cc(Br)cc1C=NNC(=O)COc1c(Br)cc(Br)cc1Br. The molecule has 1 N–H and O–H groups in total. The van der Waals surface area contributed by atoms with Crippen LogP contribution in [-0.2, 0) is 4.79 Å². The first-order chi connectivity index (χ1) is 12.3. The van der Waals surface area contributed by atoms with Crippen LogP contribution in [-0.4, -0.2) is 25.8 Å². The zero-order valence-electron chi connectivity index (χ0n) is 13.2. The minimum atomic E-state index is -0.393. The lowest BCUT2D eigenvalue weighted by molar-refractivity contribution is -0.123. The molecule has 0 unspecified atom stereocenters. The minimum absolute atomic E-state index is 0.185. The maximum atomic E-state index is 11.9. The molecule has 0 atom stereocenters. The van der Waals surface area contributed by atoms with Crippen molar-refractivity contribution in [3.05, 3.63) is 52.2 Å². The van der Waals surface area contributed by atoms with Gasteiger partial charge in [0.2, 0.25) is 0 Å². The van der Waals surface area contributed by atoms with Crippen LogP contribution in [0.1, 0.15) is 5.56 Å². The summed E-state index contributed by atoms with van der Waals surface area (Å²) in [7, 11) is 1.56. The highest BCUT2D eigenvalue weighted by Gasteiger charge is 2.11. The lowest BCUT2D eigenvalue weighted by Crippen LogP contribution is -2.24. The van der Waals surface area contributed by atoms with Crippen LogP contribution in [0.2, 0.25) is 0 Å². The van der Waals surface area contributed by atoms with E-state index < -0.39 is 5.91 Å². The summed E-state index contributed by atoms with van der Waals surface area (Å²) in [6, 6.07) is 7.34. The molecule has 0 aromatic heterocycles. The summed E-state index contributed by atoms with van der Waals surface area (Å²) in [5.41, 5.74) is 3.12. The second-order valence-corrected chi connectivity index (χ2v) is 9.18. The Bertz CT molecular complexity index is 835. The lowest BCUT2D eigenvalue weighted by Gasteiger charge is -2.10. The van der Waals surface area contributed by atoms with Crippen LogP contribution in [0.3, 0.4) is 0 Å². The van der Waals surface area contributed by atoms with Gasteiger partial charge >= 0.3 is 0 Å². The number of nitrogens with one attached hydrogen (secondary N) is 1. The number of hydrazone groups is 1. The van der Waals surface area contributed by atoms with Gasteiger partial charge in [0.1, 0.15) is 11.5 Å². The number of carbonyl (C=O) groups is 1. The highest BCUT2D eigenvalue weighted by atomic mass is 79.9. The Morgan fingerprint density at radius 2 is 1.54 bits per heavy atom. The van der Waals surface area contributed by atoms with E-state index in [9.17, 15) is 4.79 Å². The summed E-state index contributed by atoms with van der Waals surface area (Å²) in [5.74, 6) is 0.756. The molecule has 0 aliphatic carbocycles. The Hall–Kier alpha value is -0.420. The molecule has 0 saturated carbocycles. The molecular weight excluding hydrogens is 668 g/mol. The van der Waals surface area contributed by atoms with Crippen molar-refractivity contribution >= 4 is 91.8 Å². The van der Waals surface area contributed by atoms with E-state index in [-0.39, 0.29) is 6.61 Å². The zero-order valence-corrected chi connectivity index (χ0v) is 21.1. The normalized spacial score (nSPS) is 10.8. The average Bonchev–Trinajstić information content (AvgIpc) is 2.53. The van der Waals surface area contributed by atoms with Gasteiger partial charge in [0.25, 0.3) is 5.91 Å². The zero-order chi connectivity index (χ0) is 19.3. The molecule has 0 bridgehead atoms. The Labute approximate surface area is 192 Å². The highest BCUT2D eigenvalue weighted by molar-refractivity contribution is 9.12. The first kappa shape index (κ1) is 21.9. The number of rotatable bonds is 6. The van der Waals surface area contributed by atoms with Crippen molar-refractivity contribution in [2.45, 2.75) is 0 Å². The number of hydrogen-bond donors (Lipinski definition) is 1. The maximum absolute atomic E-state index is 11.9. The van der Waals surface area contributed by atoms with Gasteiger partial charge in [0.05, 0.1) is 26.7 Å². The number of amides is 1. The van der Waals surface area contributed by atoms with Crippen molar-refractivity contribution < 1.29 is 14.3 Å². The van der Waals surface area contributed by atoms with Crippen LogP contribution in [0, 0.1) is 0 Å². The third kappa shape index (κ3) is 6.05. The number of halogens is 5. The molecule has 2 aromatic rings. The van der Waals surface area contributed by atoms with E-state index >= 15 is 0 Å². The molecule has 10 heteroatoms. The molecule has 2 aromatic carbocycles. The number of benzene rings is 2. The van der Waals surface area contributed by atoms with Crippen molar-refractivity contribution in [1.29, 1.82) is 0 Å². The molecule has 0 saturated heterocycles. The summed E-state index contributed by atoms with van der Waals surface area (Å²) in [5, 5.41) is 3.95. The molecule has 0 radical (unpaired) electrons. The average molecular weight is 679 g/mol. The fraction of sp³-hybridized carbons (Fsp3) is 0.125. The van der Waals surface area contributed by atoms with Gasteiger partial charge in [-0.3, -0.25) is 4.79 Å². The van der Waals surface area contributed by atoms with Gasteiger partial charge in [-0.25, -0.2) is 5.43 Å². The number of methoxy groups -OCH3 is 1. The summed E-state index contributed by atoms with van der Waals surface area (Å²) >= 11 is 17.0. The van der Waals surface area contributed by atoms with Crippen molar-refractivity contribution in [3.63, 3.8) is 0 Å². The van der Waals surface area contributed by atoms with Crippen LogP contribution in [0.5, 0.6) is 11.5 Å². The minimum Gasteiger partial charge on any atom is -0.495 e. The third-order valence-corrected chi connectivity index (χ3v) is 5.63. The van der Waals surface area contributed by atoms with E-state index in [4.69, 9.17) is 9.47 Å². The standard InChI is InChI=1S/C16H11Br5N2O3/c1-25-15-8(2-9(17)3-11(15)19)6-22-23-14(24)7-26-16-12(20)4-10(18)5-13(16)21/h2-6H,7H2,1H3,(H,23,24). The van der Waals surface area contributed by atoms with Crippen LogP contribution >= 0.6 is 79.6 Å². The molecule has 26 heavy (non-hydrogen) atoms. The van der Waals surface area contributed by atoms with Crippen LogP contribution in [0.4, 0.5) is 0 Å². The van der Waals surface area contributed by atoms with Gasteiger partial charge in [-0.05, 0) is 72.1 Å². The lowest BCUT2D eigenvalue weighted by atomic mass is 10.2. The third-order valence-electron chi connectivity index (χ3n) is 2.94. The Balaban J connectivity index is 1.99. The van der Waals surface area contributed by atoms with Gasteiger partial charge in [0, 0.05) is 14.5 Å². The number of hydrogen-bond acceptors (Lipinski definition) is 4. The molecule has 0 fully saturated rings. The predicted octanol–water partition coefficient (Wildman–Crippen LogP) is 6.04. The predicted molar refractivity (Wildman–Crippen MR) is 119 cm³/mol. The second-order valence-electron chi connectivity index (χ2n) is 4.79. The van der Waals surface area contributed by atoms with Crippen molar-refractivity contribution in [2.75, 3.05) is 13.7 Å². The quantitative estimate of drug-likeness (QED) is 0.300. The van der Waals surface area contributed by atoms with Gasteiger partial charge in [-0.15, -0.1) is 0 Å². The number of carbonyl (C=O) groups excluding carboxylic acids is 1. The first-order valence-corrected chi connectivity index (χ1v) is 10.9. The Morgan fingerprint density at radius 1 is 1.00 bits per heavy atom. The fourth-order valence-corrected chi connectivity index (χ4v) is 5.81. The highest BCUT2D eigenvalue weighted by Crippen LogP contribution is 2.36.